The number of aldehydes is 1. The van der Waals surface area contributed by atoms with Crippen LogP contribution in [0.4, 0.5) is 0 Å². The van der Waals surface area contributed by atoms with Gasteiger partial charge in [0, 0.05) is 30.2 Å². The van der Waals surface area contributed by atoms with Crippen LogP contribution in [0.2, 0.25) is 0 Å². The number of nitrogens with one attached hydrogen (secondary N) is 2. The van der Waals surface area contributed by atoms with E-state index >= 15 is 0 Å². The molecule has 1 aliphatic rings. The summed E-state index contributed by atoms with van der Waals surface area (Å²) in [5.74, 6) is -0.0936. The number of likely N-dealkylation sites (N-methyl/N-ethyl adjacent to an activating group) is 1. The lowest BCUT2D eigenvalue weighted by Gasteiger charge is -2.13. The molecule has 11 heteroatoms. The Morgan fingerprint density at radius 2 is 2.15 bits per heavy atom. The van der Waals surface area contributed by atoms with Gasteiger partial charge in [-0.1, -0.05) is 30.8 Å². The van der Waals surface area contributed by atoms with E-state index in [-0.39, 0.29) is 5.89 Å². The largest absolute Gasteiger partial charge is 0.436 e. The molecule has 1 aromatic rings. The molecule has 0 spiro atoms. The van der Waals surface area contributed by atoms with Crippen LogP contribution in [-0.4, -0.2) is 47.5 Å². The molecule has 0 fully saturated rings. The molecule has 2 rings (SSSR count). The fraction of sp³-hybridized carbons (Fsp3) is 0.318. The van der Waals surface area contributed by atoms with E-state index in [0.717, 1.165) is 23.3 Å². The molecule has 6 N–H and O–H groups in total. The minimum absolute atomic E-state index is 0.0461. The summed E-state index contributed by atoms with van der Waals surface area (Å²) in [4.78, 5) is 26.0. The summed E-state index contributed by atoms with van der Waals surface area (Å²) in [6.45, 7) is 8.65. The van der Waals surface area contributed by atoms with Crippen molar-refractivity contribution in [2.45, 2.75) is 33.2 Å². The number of hydrogen-bond donors (Lipinski definition) is 4. The lowest BCUT2D eigenvalue weighted by Crippen LogP contribution is -2.14. The zero-order valence-corrected chi connectivity index (χ0v) is 20.2. The molecule has 0 saturated carbocycles. The fourth-order valence-electron chi connectivity index (χ4n) is 2.66. The van der Waals surface area contributed by atoms with Crippen molar-refractivity contribution < 1.29 is 14.0 Å². The van der Waals surface area contributed by atoms with E-state index in [4.69, 9.17) is 21.3 Å². The molecular formula is C22H31N7O3S. The molecule has 178 valence electrons. The number of amides is 1. The number of carbonyl (C=O) groups excluding carboxylic acids is 2. The van der Waals surface area contributed by atoms with Gasteiger partial charge in [-0.15, -0.1) is 0 Å². The monoisotopic (exact) mass is 473 g/mol. The van der Waals surface area contributed by atoms with Gasteiger partial charge in [0.05, 0.1) is 12.7 Å². The zero-order valence-electron chi connectivity index (χ0n) is 19.3. The third-order valence-corrected chi connectivity index (χ3v) is 5.44. The maximum Gasteiger partial charge on any atom is 0.304 e. The van der Waals surface area contributed by atoms with Gasteiger partial charge in [0.15, 0.2) is 6.29 Å². The van der Waals surface area contributed by atoms with Gasteiger partial charge in [0.2, 0.25) is 0 Å². The average molecular weight is 474 g/mol. The van der Waals surface area contributed by atoms with Gasteiger partial charge in [-0.25, -0.2) is 4.98 Å². The Hall–Kier alpha value is -3.44. The lowest BCUT2D eigenvalue weighted by atomic mass is 10.0. The predicted octanol–water partition coefficient (Wildman–Crippen LogP) is 2.68. The molecule has 1 aromatic heterocycles. The van der Waals surface area contributed by atoms with E-state index in [9.17, 15) is 9.59 Å². The van der Waals surface area contributed by atoms with Crippen molar-refractivity contribution in [3.05, 3.63) is 64.0 Å². The van der Waals surface area contributed by atoms with Crippen LogP contribution in [0.15, 0.2) is 61.9 Å². The number of oxazole rings is 1. The number of aromatic nitrogens is 1. The Balaban J connectivity index is 0.000000412. The zero-order chi connectivity index (χ0) is 25.0. The Morgan fingerprint density at radius 3 is 2.64 bits per heavy atom. The first kappa shape index (κ1) is 27.6. The topological polar surface area (TPSA) is 164 Å². The molecule has 2 heterocycles. The summed E-state index contributed by atoms with van der Waals surface area (Å²) in [5, 5.41) is 17.1. The average Bonchev–Trinajstić information content (AvgIpc) is 3.21. The van der Waals surface area contributed by atoms with Gasteiger partial charge >= 0.3 is 5.91 Å². The van der Waals surface area contributed by atoms with Gasteiger partial charge in [-0.3, -0.25) is 14.6 Å². The highest BCUT2D eigenvalue weighted by molar-refractivity contribution is 8.17. The van der Waals surface area contributed by atoms with Crippen LogP contribution in [-0.2, 0) is 11.3 Å². The van der Waals surface area contributed by atoms with Crippen molar-refractivity contribution in [3.63, 3.8) is 0 Å². The summed E-state index contributed by atoms with van der Waals surface area (Å²) >= 11 is 1.38. The Morgan fingerprint density at radius 1 is 1.45 bits per heavy atom. The number of hydrazone groups is 1. The number of carbonyl (C=O) groups is 2. The number of allylic oxidation sites excluding steroid dienone is 5. The third-order valence-electron chi connectivity index (χ3n) is 4.52. The van der Waals surface area contributed by atoms with E-state index in [1.807, 2.05) is 6.08 Å². The number of rotatable bonds is 9. The number of nitrogens with two attached hydrogens (primary N) is 2. The summed E-state index contributed by atoms with van der Waals surface area (Å²) in [5.41, 5.74) is 13.6. The number of hydrogen-bond acceptors (Lipinski definition) is 10. The molecule has 0 saturated heterocycles. The van der Waals surface area contributed by atoms with E-state index in [2.05, 4.69) is 35.8 Å². The maximum atomic E-state index is 11.3. The minimum atomic E-state index is -0.646. The van der Waals surface area contributed by atoms with Crippen LogP contribution in [0.25, 0.3) is 0 Å². The highest BCUT2D eigenvalue weighted by atomic mass is 32.2. The number of thioether (sulfide) groups is 1. The molecule has 0 bridgehead atoms. The van der Waals surface area contributed by atoms with Gasteiger partial charge < -0.3 is 26.6 Å². The van der Waals surface area contributed by atoms with Crippen molar-refractivity contribution in [1.29, 1.82) is 5.41 Å². The second-order valence-corrected chi connectivity index (χ2v) is 7.99. The molecular weight excluding hydrogens is 442 g/mol. The second kappa shape index (κ2) is 13.9. The summed E-state index contributed by atoms with van der Waals surface area (Å²) in [7, 11) is 3.47. The molecule has 0 atom stereocenters. The van der Waals surface area contributed by atoms with Crippen LogP contribution in [0, 0.1) is 5.41 Å². The Labute approximate surface area is 198 Å². The maximum absolute atomic E-state index is 11.3. The molecule has 1 amide bonds. The van der Waals surface area contributed by atoms with E-state index in [1.165, 1.54) is 34.7 Å². The first-order valence-corrected chi connectivity index (χ1v) is 10.9. The van der Waals surface area contributed by atoms with Crippen LogP contribution in [0.3, 0.4) is 0 Å². The van der Waals surface area contributed by atoms with Crippen LogP contribution < -0.4 is 16.8 Å². The van der Waals surface area contributed by atoms with Crippen LogP contribution in [0.5, 0.6) is 0 Å². The van der Waals surface area contributed by atoms with Crippen molar-refractivity contribution >= 4 is 35.2 Å². The van der Waals surface area contributed by atoms with Gasteiger partial charge in [0.25, 0.3) is 5.89 Å². The van der Waals surface area contributed by atoms with Crippen LogP contribution in [0.1, 0.15) is 43.1 Å². The Bertz CT molecular complexity index is 1010. The third kappa shape index (κ3) is 8.20. The summed E-state index contributed by atoms with van der Waals surface area (Å²) < 4.78 is 4.94. The molecule has 0 unspecified atom stereocenters. The Kier molecular flexibility index (Phi) is 11.6. The quantitative estimate of drug-likeness (QED) is 0.241. The lowest BCUT2D eigenvalue weighted by molar-refractivity contribution is -0.106. The van der Waals surface area contributed by atoms with Crippen molar-refractivity contribution in [3.8, 4) is 0 Å². The first-order chi connectivity index (χ1) is 15.7. The fourth-order valence-corrected chi connectivity index (χ4v) is 3.61. The van der Waals surface area contributed by atoms with Crippen molar-refractivity contribution in [2.75, 3.05) is 14.1 Å². The normalized spacial score (nSPS) is 14.8. The summed E-state index contributed by atoms with van der Waals surface area (Å²) in [6, 6.07) is 0. The molecule has 0 aromatic carbocycles. The summed E-state index contributed by atoms with van der Waals surface area (Å²) in [6.07, 6.45) is 8.25. The predicted molar refractivity (Wildman–Crippen MR) is 133 cm³/mol. The number of primary amides is 1. The molecule has 1 aliphatic heterocycles. The van der Waals surface area contributed by atoms with Crippen molar-refractivity contribution in [2.24, 2.45) is 16.6 Å². The van der Waals surface area contributed by atoms with Gasteiger partial charge in [-0.05, 0) is 38.2 Å². The molecule has 0 radical (unpaired) electrons. The first-order valence-electron chi connectivity index (χ1n) is 10.1. The molecule has 0 aliphatic carbocycles. The highest BCUT2D eigenvalue weighted by Crippen LogP contribution is 2.32. The molecule has 10 nitrogen and oxygen atoms in total. The SMILES string of the molecule is C=C1SC(CC(/C=C\N)=C(/C)CC)=NN(C)C(C=O)=C1C=N.CNCc1cnc(C(N)=O)o1. The van der Waals surface area contributed by atoms with E-state index < -0.39 is 5.91 Å². The van der Waals surface area contributed by atoms with Crippen molar-refractivity contribution in [1.82, 2.24) is 15.3 Å². The van der Waals surface area contributed by atoms with Gasteiger partial charge in [0.1, 0.15) is 16.5 Å². The minimum Gasteiger partial charge on any atom is -0.436 e. The smallest absolute Gasteiger partial charge is 0.304 e. The second-order valence-electron chi connectivity index (χ2n) is 6.83. The molecule has 33 heavy (non-hydrogen) atoms. The van der Waals surface area contributed by atoms with Gasteiger partial charge in [-0.2, -0.15) is 5.10 Å². The standard InChI is InChI=1S/C16H22N4OS.C6H9N3O2/c1-5-11(2)13(6-7-17)8-16-19-20(4)15(10-21)14(9-18)12(3)22-16;1-8-2-4-3-9-6(11-4)5(7)10/h6-7,9-10,18H,3,5,8,17H2,1-2,4H3;3,8H,2H2,1H3,(H2,7,10)/b7-6-,13-11-,18-9?;. The van der Waals surface area contributed by atoms with Crippen LogP contribution >= 0.6 is 11.8 Å². The number of nitrogens with zero attached hydrogens (tertiary/aromatic N) is 3. The highest BCUT2D eigenvalue weighted by Gasteiger charge is 2.20. The van der Waals surface area contributed by atoms with E-state index in [1.54, 1.807) is 14.1 Å². The van der Waals surface area contributed by atoms with E-state index in [0.29, 0.717) is 41.2 Å².